The highest BCUT2D eigenvalue weighted by Gasteiger charge is 2.27. The van der Waals surface area contributed by atoms with Crippen molar-refractivity contribution in [2.75, 3.05) is 38.3 Å². The number of pyridine rings is 1. The van der Waals surface area contributed by atoms with Crippen LogP contribution in [0.4, 0.5) is 5.82 Å². The highest BCUT2D eigenvalue weighted by Crippen LogP contribution is 2.25. The summed E-state index contributed by atoms with van der Waals surface area (Å²) < 4.78 is 7.54. The van der Waals surface area contributed by atoms with Crippen LogP contribution in [0.25, 0.3) is 5.65 Å². The second kappa shape index (κ2) is 5.78. The Morgan fingerprint density at radius 2 is 2.40 bits per heavy atom. The molecule has 0 aromatic carbocycles. The van der Waals surface area contributed by atoms with Crippen molar-refractivity contribution in [2.24, 2.45) is 0 Å². The van der Waals surface area contributed by atoms with Crippen LogP contribution in [0.5, 0.6) is 0 Å². The zero-order valence-corrected chi connectivity index (χ0v) is 11.6. The lowest BCUT2D eigenvalue weighted by Gasteiger charge is -2.35. The largest absolute Gasteiger partial charge is 0.394 e. The van der Waals surface area contributed by atoms with Gasteiger partial charge < -0.3 is 24.5 Å². The van der Waals surface area contributed by atoms with E-state index in [1.807, 2.05) is 31.4 Å². The van der Waals surface area contributed by atoms with Crippen LogP contribution in [0.2, 0.25) is 0 Å². The molecule has 2 aromatic heterocycles. The number of aliphatic hydroxyl groups is 1. The SMILES string of the molecule is CNCc1c(N2CCOCC2CO)nc2ccccn12. The Kier molecular flexibility index (Phi) is 3.86. The van der Waals surface area contributed by atoms with Gasteiger partial charge in [-0.15, -0.1) is 0 Å². The van der Waals surface area contributed by atoms with E-state index in [0.29, 0.717) is 13.2 Å². The summed E-state index contributed by atoms with van der Waals surface area (Å²) in [5.74, 6) is 0.938. The summed E-state index contributed by atoms with van der Waals surface area (Å²) in [5.41, 5.74) is 2.04. The number of imidazole rings is 1. The molecule has 2 N–H and O–H groups in total. The van der Waals surface area contributed by atoms with Gasteiger partial charge in [0.15, 0.2) is 5.82 Å². The molecule has 0 bridgehead atoms. The van der Waals surface area contributed by atoms with E-state index < -0.39 is 0 Å². The normalized spacial score (nSPS) is 19.7. The number of hydrogen-bond donors (Lipinski definition) is 2. The van der Waals surface area contributed by atoms with Crippen LogP contribution in [0, 0.1) is 0 Å². The molecule has 3 heterocycles. The number of aliphatic hydroxyl groups excluding tert-OH is 1. The first-order chi connectivity index (χ1) is 9.85. The minimum absolute atomic E-state index is 0.0238. The first-order valence-electron chi connectivity index (χ1n) is 6.91. The smallest absolute Gasteiger partial charge is 0.152 e. The molecule has 0 radical (unpaired) electrons. The highest BCUT2D eigenvalue weighted by molar-refractivity contribution is 5.56. The second-order valence-electron chi connectivity index (χ2n) is 4.95. The van der Waals surface area contributed by atoms with Gasteiger partial charge in [0.25, 0.3) is 0 Å². The van der Waals surface area contributed by atoms with Crippen LogP contribution in [0.3, 0.4) is 0 Å². The fourth-order valence-electron chi connectivity index (χ4n) is 2.68. The number of rotatable bonds is 4. The summed E-state index contributed by atoms with van der Waals surface area (Å²) in [6, 6.07) is 5.96. The molecular weight excluding hydrogens is 256 g/mol. The minimum atomic E-state index is -0.0238. The molecule has 1 saturated heterocycles. The van der Waals surface area contributed by atoms with Crippen molar-refractivity contribution >= 4 is 11.5 Å². The standard InChI is InChI=1S/C14H20N4O2/c1-15-8-12-14(16-13-4-2-3-5-18(12)13)17-6-7-20-10-11(17)9-19/h2-5,11,15,19H,6-10H2,1H3. The molecule has 108 valence electrons. The summed E-state index contributed by atoms with van der Waals surface area (Å²) >= 11 is 0. The number of aromatic nitrogens is 2. The number of hydrogen-bond acceptors (Lipinski definition) is 5. The van der Waals surface area contributed by atoms with Gasteiger partial charge in [0.05, 0.1) is 31.6 Å². The predicted molar refractivity (Wildman–Crippen MR) is 77.0 cm³/mol. The average Bonchev–Trinajstić information content (AvgIpc) is 2.86. The third-order valence-corrected chi connectivity index (χ3v) is 3.66. The van der Waals surface area contributed by atoms with E-state index in [0.717, 1.165) is 30.2 Å². The molecule has 1 atom stereocenters. The Hall–Kier alpha value is -1.63. The van der Waals surface area contributed by atoms with E-state index in [4.69, 9.17) is 9.72 Å². The molecule has 2 aromatic rings. The lowest BCUT2D eigenvalue weighted by Crippen LogP contribution is -2.48. The monoisotopic (exact) mass is 276 g/mol. The van der Waals surface area contributed by atoms with Crippen LogP contribution in [0.1, 0.15) is 5.69 Å². The molecule has 20 heavy (non-hydrogen) atoms. The maximum absolute atomic E-state index is 9.55. The Balaban J connectivity index is 2.06. The van der Waals surface area contributed by atoms with E-state index in [-0.39, 0.29) is 12.6 Å². The highest BCUT2D eigenvalue weighted by atomic mass is 16.5. The maximum Gasteiger partial charge on any atom is 0.152 e. The maximum atomic E-state index is 9.55. The van der Waals surface area contributed by atoms with Crippen LogP contribution in [0.15, 0.2) is 24.4 Å². The number of ether oxygens (including phenoxy) is 1. The Morgan fingerprint density at radius 3 is 3.20 bits per heavy atom. The van der Waals surface area contributed by atoms with Crippen molar-refractivity contribution in [1.82, 2.24) is 14.7 Å². The van der Waals surface area contributed by atoms with Crippen LogP contribution < -0.4 is 10.2 Å². The lowest BCUT2D eigenvalue weighted by molar-refractivity contribution is 0.0722. The summed E-state index contributed by atoms with van der Waals surface area (Å²) in [7, 11) is 1.93. The quantitative estimate of drug-likeness (QED) is 0.838. The number of anilines is 1. The molecule has 1 aliphatic heterocycles. The van der Waals surface area contributed by atoms with Gasteiger partial charge in [0.2, 0.25) is 0 Å². The van der Waals surface area contributed by atoms with Crippen molar-refractivity contribution in [2.45, 2.75) is 12.6 Å². The molecular formula is C14H20N4O2. The molecule has 1 aliphatic rings. The first kappa shape index (κ1) is 13.4. The van der Waals surface area contributed by atoms with E-state index in [2.05, 4.69) is 14.6 Å². The molecule has 3 rings (SSSR count). The Morgan fingerprint density at radius 1 is 1.50 bits per heavy atom. The molecule has 1 unspecified atom stereocenters. The van der Waals surface area contributed by atoms with Gasteiger partial charge in [0, 0.05) is 19.3 Å². The van der Waals surface area contributed by atoms with Crippen molar-refractivity contribution in [3.8, 4) is 0 Å². The van der Waals surface area contributed by atoms with Gasteiger partial charge >= 0.3 is 0 Å². The zero-order chi connectivity index (χ0) is 13.9. The topological polar surface area (TPSA) is 62.0 Å². The molecule has 6 heteroatoms. The summed E-state index contributed by atoms with van der Waals surface area (Å²) in [4.78, 5) is 6.89. The number of fused-ring (bicyclic) bond motifs is 1. The van der Waals surface area contributed by atoms with Gasteiger partial charge in [-0.3, -0.25) is 0 Å². The van der Waals surface area contributed by atoms with E-state index in [1.54, 1.807) is 0 Å². The second-order valence-corrected chi connectivity index (χ2v) is 4.95. The zero-order valence-electron chi connectivity index (χ0n) is 11.6. The fraction of sp³-hybridized carbons (Fsp3) is 0.500. The summed E-state index contributed by atoms with van der Waals surface area (Å²) in [6.07, 6.45) is 2.02. The van der Waals surface area contributed by atoms with Gasteiger partial charge in [0.1, 0.15) is 5.65 Å². The third kappa shape index (κ3) is 2.26. The van der Waals surface area contributed by atoms with Crippen LogP contribution in [-0.4, -0.2) is 53.9 Å². The molecule has 0 aliphatic carbocycles. The fourth-order valence-corrected chi connectivity index (χ4v) is 2.68. The van der Waals surface area contributed by atoms with Gasteiger partial charge in [-0.2, -0.15) is 0 Å². The predicted octanol–water partition coefficient (Wildman–Crippen LogP) is 0.251. The van der Waals surface area contributed by atoms with Gasteiger partial charge in [-0.25, -0.2) is 4.98 Å². The van der Waals surface area contributed by atoms with Gasteiger partial charge in [-0.1, -0.05) is 6.07 Å². The Bertz CT molecular complexity index is 584. The van der Waals surface area contributed by atoms with Crippen LogP contribution >= 0.6 is 0 Å². The molecule has 0 saturated carbocycles. The Labute approximate surface area is 118 Å². The minimum Gasteiger partial charge on any atom is -0.394 e. The average molecular weight is 276 g/mol. The number of nitrogens with zero attached hydrogens (tertiary/aromatic N) is 3. The molecule has 0 amide bonds. The van der Waals surface area contributed by atoms with Crippen molar-refractivity contribution in [1.29, 1.82) is 0 Å². The number of nitrogens with one attached hydrogen (secondary N) is 1. The van der Waals surface area contributed by atoms with Gasteiger partial charge in [-0.05, 0) is 19.2 Å². The molecule has 6 nitrogen and oxygen atoms in total. The van der Waals surface area contributed by atoms with E-state index >= 15 is 0 Å². The van der Waals surface area contributed by atoms with Crippen molar-refractivity contribution < 1.29 is 9.84 Å². The molecule has 0 spiro atoms. The van der Waals surface area contributed by atoms with Crippen molar-refractivity contribution in [3.05, 3.63) is 30.1 Å². The third-order valence-electron chi connectivity index (χ3n) is 3.66. The van der Waals surface area contributed by atoms with E-state index in [9.17, 15) is 5.11 Å². The van der Waals surface area contributed by atoms with Crippen LogP contribution in [-0.2, 0) is 11.3 Å². The lowest BCUT2D eigenvalue weighted by atomic mass is 10.2. The summed E-state index contributed by atoms with van der Waals surface area (Å²) in [5, 5.41) is 12.7. The van der Waals surface area contributed by atoms with Crippen molar-refractivity contribution in [3.63, 3.8) is 0 Å². The first-order valence-corrected chi connectivity index (χ1v) is 6.91. The molecule has 1 fully saturated rings. The summed E-state index contributed by atoms with van der Waals surface area (Å²) in [6.45, 7) is 2.78. The number of morpholine rings is 1. The van der Waals surface area contributed by atoms with E-state index in [1.165, 1.54) is 0 Å².